The Hall–Kier alpha value is 0.378. The molecule has 0 N–H and O–H groups in total. The first kappa shape index (κ1) is 4.38. The van der Waals surface area contributed by atoms with Crippen LogP contribution in [0.15, 0.2) is 0 Å². The summed E-state index contributed by atoms with van der Waals surface area (Å²) < 4.78 is 25.8. The number of hydrogen-bond acceptors (Lipinski definition) is 3. The fourth-order valence-corrected chi connectivity index (χ4v) is 0. The van der Waals surface area contributed by atoms with Gasteiger partial charge in [0.2, 0.25) is 0 Å². The summed E-state index contributed by atoms with van der Waals surface area (Å²) in [5.41, 5.74) is 0. The SMILES string of the molecule is [O]=[Sb](=[O])[O-]. The molecule has 24 valence electrons. The molecule has 0 spiro atoms. The molecule has 0 aromatic heterocycles. The van der Waals surface area contributed by atoms with Crippen molar-refractivity contribution in [3.63, 3.8) is 0 Å². The molecule has 0 radical (unpaired) electrons. The molecule has 0 aromatic rings. The molecular formula is O3Sb-. The van der Waals surface area contributed by atoms with Gasteiger partial charge in [-0.15, -0.1) is 0 Å². The second-order valence-electron chi connectivity index (χ2n) is 0.224. The molecule has 0 aromatic carbocycles. The van der Waals surface area contributed by atoms with Gasteiger partial charge in [-0.25, -0.2) is 0 Å². The van der Waals surface area contributed by atoms with Gasteiger partial charge in [-0.3, -0.25) is 0 Å². The van der Waals surface area contributed by atoms with E-state index in [1.165, 1.54) is 0 Å². The molecule has 0 saturated carbocycles. The van der Waals surface area contributed by atoms with Crippen LogP contribution in [-0.2, 0) is 6.03 Å². The van der Waals surface area contributed by atoms with E-state index in [1.807, 2.05) is 0 Å². The molecule has 0 heterocycles. The summed E-state index contributed by atoms with van der Waals surface area (Å²) in [4.78, 5) is 0. The van der Waals surface area contributed by atoms with Gasteiger partial charge >= 0.3 is 30.0 Å². The van der Waals surface area contributed by atoms with Crippen LogP contribution in [0.4, 0.5) is 0 Å². The summed E-state index contributed by atoms with van der Waals surface area (Å²) >= 11 is -4.20. The molecule has 0 amide bonds. The first-order valence-electron chi connectivity index (χ1n) is 0.548. The van der Waals surface area contributed by atoms with Crippen LogP contribution in [0.3, 0.4) is 0 Å². The van der Waals surface area contributed by atoms with Crippen LogP contribution in [0, 0.1) is 0 Å². The molecule has 0 unspecified atom stereocenters. The minimum absolute atomic E-state index is 4.20. The van der Waals surface area contributed by atoms with Crippen molar-refractivity contribution in [3.8, 4) is 0 Å². The van der Waals surface area contributed by atoms with E-state index in [0.717, 1.165) is 0 Å². The van der Waals surface area contributed by atoms with Crippen molar-refractivity contribution >= 4 is 20.6 Å². The van der Waals surface area contributed by atoms with E-state index in [-0.39, 0.29) is 0 Å². The molecule has 0 atom stereocenters. The maximum absolute atomic E-state index is 8.60. The Balaban J connectivity index is 3.51. The summed E-state index contributed by atoms with van der Waals surface area (Å²) in [6.45, 7) is 0. The topological polar surface area (TPSA) is 57.2 Å². The fraction of sp³-hybridized carbons (Fsp3) is 0. The van der Waals surface area contributed by atoms with E-state index in [1.54, 1.807) is 0 Å². The van der Waals surface area contributed by atoms with Gasteiger partial charge in [0, 0.05) is 0 Å². The Morgan fingerprint density at radius 3 is 1.50 bits per heavy atom. The van der Waals surface area contributed by atoms with E-state index in [2.05, 4.69) is 0 Å². The van der Waals surface area contributed by atoms with Crippen LogP contribution < -0.4 is 3.39 Å². The van der Waals surface area contributed by atoms with Crippen molar-refractivity contribution < 1.29 is 9.42 Å². The maximum atomic E-state index is 8.60. The van der Waals surface area contributed by atoms with Crippen LogP contribution in [0.25, 0.3) is 0 Å². The summed E-state index contributed by atoms with van der Waals surface area (Å²) in [6, 6.07) is 0. The third-order valence-corrected chi connectivity index (χ3v) is 0. The Bertz CT molecular complexity index is 51.7. The van der Waals surface area contributed by atoms with Gasteiger partial charge in [-0.1, -0.05) is 0 Å². The molecule has 0 rings (SSSR count). The van der Waals surface area contributed by atoms with Gasteiger partial charge in [0.1, 0.15) is 0 Å². The van der Waals surface area contributed by atoms with E-state index in [4.69, 9.17) is 9.42 Å². The molecule has 0 aliphatic rings. The van der Waals surface area contributed by atoms with Crippen LogP contribution in [0.1, 0.15) is 0 Å². The number of rotatable bonds is 0. The summed E-state index contributed by atoms with van der Waals surface area (Å²) in [5, 5.41) is 0. The van der Waals surface area contributed by atoms with E-state index < -0.39 is 20.6 Å². The number of hydrogen-bond donors (Lipinski definition) is 0. The quantitative estimate of drug-likeness (QED) is 0.402. The summed E-state index contributed by atoms with van der Waals surface area (Å²) in [6.07, 6.45) is 0. The standard InChI is InChI=1S/3O.Sb/q;;-1;. The van der Waals surface area contributed by atoms with Gasteiger partial charge in [0.25, 0.3) is 0 Å². The average Bonchev–Trinajstić information content (AvgIpc) is 0.811. The Morgan fingerprint density at radius 1 is 1.50 bits per heavy atom. The third kappa shape index (κ3) is 31.6. The van der Waals surface area contributed by atoms with Gasteiger partial charge in [-0.05, 0) is 0 Å². The van der Waals surface area contributed by atoms with Crippen molar-refractivity contribution in [1.29, 1.82) is 0 Å². The van der Waals surface area contributed by atoms with Gasteiger partial charge < -0.3 is 0 Å². The van der Waals surface area contributed by atoms with E-state index in [0.29, 0.717) is 0 Å². The molecule has 4 heteroatoms. The van der Waals surface area contributed by atoms with Crippen LogP contribution >= 0.6 is 0 Å². The van der Waals surface area contributed by atoms with Gasteiger partial charge in [0.05, 0.1) is 0 Å². The predicted molar refractivity (Wildman–Crippen MR) is 7.13 cm³/mol. The zero-order chi connectivity index (χ0) is 3.58. The van der Waals surface area contributed by atoms with Crippen molar-refractivity contribution in [2.75, 3.05) is 0 Å². The normalized spacial score (nSPS) is 6.25. The van der Waals surface area contributed by atoms with Crippen LogP contribution in [0.2, 0.25) is 0 Å². The van der Waals surface area contributed by atoms with Crippen molar-refractivity contribution in [2.24, 2.45) is 0 Å². The van der Waals surface area contributed by atoms with Crippen molar-refractivity contribution in [3.05, 3.63) is 0 Å². The summed E-state index contributed by atoms with van der Waals surface area (Å²) in [7, 11) is 0. The van der Waals surface area contributed by atoms with Crippen molar-refractivity contribution in [2.45, 2.75) is 0 Å². The molecule has 0 fully saturated rings. The van der Waals surface area contributed by atoms with Crippen LogP contribution in [-0.4, -0.2) is 20.6 Å². The van der Waals surface area contributed by atoms with Gasteiger partial charge in [-0.2, -0.15) is 0 Å². The monoisotopic (exact) mass is 169 g/mol. The molecular weight excluding hydrogens is 170 g/mol. The Labute approximate surface area is 30.6 Å². The molecule has 0 aliphatic carbocycles. The van der Waals surface area contributed by atoms with Crippen molar-refractivity contribution in [1.82, 2.24) is 0 Å². The molecule has 4 heavy (non-hydrogen) atoms. The second kappa shape index (κ2) is 1.67. The second-order valence-corrected chi connectivity index (χ2v) is 1.50. The Morgan fingerprint density at radius 2 is 1.50 bits per heavy atom. The molecule has 3 nitrogen and oxygen atoms in total. The van der Waals surface area contributed by atoms with Crippen LogP contribution in [0.5, 0.6) is 0 Å². The average molecular weight is 170 g/mol. The molecule has 0 saturated heterocycles. The minimum atomic E-state index is -4.20. The zero-order valence-corrected chi connectivity index (χ0v) is 4.22. The molecule has 0 bridgehead atoms. The summed E-state index contributed by atoms with van der Waals surface area (Å²) in [5.74, 6) is 0. The zero-order valence-electron chi connectivity index (χ0n) is 1.67. The molecule has 0 aliphatic heterocycles. The van der Waals surface area contributed by atoms with E-state index in [9.17, 15) is 0 Å². The fourth-order valence-electron chi connectivity index (χ4n) is 0. The van der Waals surface area contributed by atoms with Gasteiger partial charge in [0.15, 0.2) is 0 Å². The Kier molecular flexibility index (Phi) is 1.83. The third-order valence-electron chi connectivity index (χ3n) is 0. The predicted octanol–water partition coefficient (Wildman–Crippen LogP) is -1.81. The first-order valence-corrected chi connectivity index (χ1v) is 3.67. The first-order chi connectivity index (χ1) is 1.73. The van der Waals surface area contributed by atoms with E-state index >= 15 is 0 Å².